The van der Waals surface area contributed by atoms with Gasteiger partial charge in [-0.1, -0.05) is 45.0 Å². The van der Waals surface area contributed by atoms with Crippen molar-refractivity contribution in [2.45, 2.75) is 64.4 Å². The topological polar surface area (TPSA) is 108 Å². The number of nitrogens with two attached hydrogens (primary N) is 1. The molecule has 2 heterocycles. The molecule has 2 aromatic heterocycles. The molecule has 0 aliphatic carbocycles. The highest BCUT2D eigenvalue weighted by Crippen LogP contribution is 2.39. The SMILES string of the molecule is C[C@H](O[Si](C)(C)C(C)(C)C)[C@@H](CCOc1cccc(-c2nc3ccccc3[nH]2)c1)n1cnc(C(N)=O)c1. The van der Waals surface area contributed by atoms with Crippen LogP contribution in [0.5, 0.6) is 5.75 Å². The summed E-state index contributed by atoms with van der Waals surface area (Å²) >= 11 is 0. The number of nitrogens with one attached hydrogen (secondary N) is 1. The molecule has 196 valence electrons. The zero-order valence-electron chi connectivity index (χ0n) is 22.5. The third-order valence-electron chi connectivity index (χ3n) is 7.24. The first-order valence-electron chi connectivity index (χ1n) is 12.6. The number of imidazole rings is 2. The third-order valence-corrected chi connectivity index (χ3v) is 11.8. The lowest BCUT2D eigenvalue weighted by Crippen LogP contribution is -2.45. The van der Waals surface area contributed by atoms with Crippen molar-refractivity contribution in [3.8, 4) is 17.1 Å². The molecule has 3 N–H and O–H groups in total. The van der Waals surface area contributed by atoms with Crippen molar-refractivity contribution < 1.29 is 14.0 Å². The number of aromatic amines is 1. The smallest absolute Gasteiger partial charge is 0.268 e. The number of nitrogens with zero attached hydrogens (tertiary/aromatic N) is 3. The van der Waals surface area contributed by atoms with Crippen molar-refractivity contribution in [3.05, 3.63) is 66.7 Å². The molecule has 0 aliphatic heterocycles. The molecule has 8 nitrogen and oxygen atoms in total. The highest BCUT2D eigenvalue weighted by atomic mass is 28.4. The molecular formula is C28H37N5O3Si. The number of amides is 1. The number of aromatic nitrogens is 4. The van der Waals surface area contributed by atoms with Gasteiger partial charge >= 0.3 is 0 Å². The van der Waals surface area contributed by atoms with E-state index in [1.165, 1.54) is 0 Å². The summed E-state index contributed by atoms with van der Waals surface area (Å²) < 4.78 is 14.8. The molecule has 37 heavy (non-hydrogen) atoms. The Kier molecular flexibility index (Phi) is 7.56. The van der Waals surface area contributed by atoms with Crippen LogP contribution in [0.4, 0.5) is 0 Å². The number of carbonyl (C=O) groups is 1. The van der Waals surface area contributed by atoms with Gasteiger partial charge in [0.2, 0.25) is 0 Å². The van der Waals surface area contributed by atoms with Gasteiger partial charge in [0.15, 0.2) is 8.32 Å². The van der Waals surface area contributed by atoms with E-state index in [1.54, 1.807) is 12.5 Å². The predicted molar refractivity (Wildman–Crippen MR) is 149 cm³/mol. The maximum atomic E-state index is 11.7. The van der Waals surface area contributed by atoms with Crippen LogP contribution in [-0.2, 0) is 4.43 Å². The van der Waals surface area contributed by atoms with Crippen LogP contribution in [0.25, 0.3) is 22.4 Å². The lowest BCUT2D eigenvalue weighted by atomic mass is 10.1. The normalized spacial score (nSPS) is 14.0. The molecule has 0 fully saturated rings. The van der Waals surface area contributed by atoms with Gasteiger partial charge in [0.05, 0.1) is 36.1 Å². The van der Waals surface area contributed by atoms with Crippen LogP contribution in [-0.4, -0.2) is 46.5 Å². The van der Waals surface area contributed by atoms with Crippen molar-refractivity contribution in [1.82, 2.24) is 19.5 Å². The van der Waals surface area contributed by atoms with Gasteiger partial charge in [-0.2, -0.15) is 0 Å². The number of H-pyrrole nitrogens is 1. The Labute approximate surface area is 219 Å². The van der Waals surface area contributed by atoms with E-state index in [0.717, 1.165) is 28.2 Å². The second-order valence-electron chi connectivity index (χ2n) is 11.0. The van der Waals surface area contributed by atoms with Gasteiger partial charge in [0, 0.05) is 18.2 Å². The van der Waals surface area contributed by atoms with Crippen LogP contribution in [0.1, 0.15) is 50.6 Å². The fourth-order valence-electron chi connectivity index (χ4n) is 4.11. The molecule has 2 atom stereocenters. The first-order chi connectivity index (χ1) is 17.4. The Balaban J connectivity index is 1.49. The Bertz CT molecular complexity index is 1340. The fourth-order valence-corrected chi connectivity index (χ4v) is 5.55. The second kappa shape index (κ2) is 10.5. The molecule has 0 saturated heterocycles. The minimum Gasteiger partial charge on any atom is -0.493 e. The van der Waals surface area contributed by atoms with E-state index in [-0.39, 0.29) is 22.9 Å². The van der Waals surface area contributed by atoms with E-state index in [0.29, 0.717) is 13.0 Å². The van der Waals surface area contributed by atoms with Crippen LogP contribution in [0, 0.1) is 0 Å². The number of benzene rings is 2. The molecule has 1 amide bonds. The number of para-hydroxylation sites is 2. The highest BCUT2D eigenvalue weighted by molar-refractivity contribution is 6.74. The summed E-state index contributed by atoms with van der Waals surface area (Å²) in [4.78, 5) is 23.9. The second-order valence-corrected chi connectivity index (χ2v) is 15.7. The Morgan fingerprint density at radius 1 is 1.16 bits per heavy atom. The minimum absolute atomic E-state index is 0.0757. The molecule has 4 aromatic rings. The Hall–Kier alpha value is -3.43. The van der Waals surface area contributed by atoms with Gasteiger partial charge < -0.3 is 24.4 Å². The summed E-state index contributed by atoms with van der Waals surface area (Å²) in [5.74, 6) is 1.02. The van der Waals surface area contributed by atoms with Crippen molar-refractivity contribution in [1.29, 1.82) is 0 Å². The van der Waals surface area contributed by atoms with Gasteiger partial charge in [-0.05, 0) is 49.3 Å². The van der Waals surface area contributed by atoms with Gasteiger partial charge in [-0.15, -0.1) is 0 Å². The first-order valence-corrected chi connectivity index (χ1v) is 15.5. The van der Waals surface area contributed by atoms with Crippen molar-refractivity contribution in [2.24, 2.45) is 5.73 Å². The van der Waals surface area contributed by atoms with Crippen LogP contribution >= 0.6 is 0 Å². The Morgan fingerprint density at radius 2 is 1.92 bits per heavy atom. The minimum atomic E-state index is -2.02. The summed E-state index contributed by atoms with van der Waals surface area (Å²) in [6, 6.07) is 15.8. The van der Waals surface area contributed by atoms with Crippen molar-refractivity contribution in [2.75, 3.05) is 6.61 Å². The number of rotatable bonds is 10. The maximum absolute atomic E-state index is 11.7. The number of hydrogen-bond acceptors (Lipinski definition) is 5. The molecular weight excluding hydrogens is 482 g/mol. The van der Waals surface area contributed by atoms with E-state index < -0.39 is 14.2 Å². The molecule has 0 saturated carbocycles. The average molecular weight is 520 g/mol. The number of primary amides is 1. The fraction of sp³-hybridized carbons (Fsp3) is 0.393. The lowest BCUT2D eigenvalue weighted by Gasteiger charge is -2.40. The van der Waals surface area contributed by atoms with E-state index in [9.17, 15) is 4.79 Å². The molecule has 0 aliphatic rings. The van der Waals surface area contributed by atoms with E-state index >= 15 is 0 Å². The summed E-state index contributed by atoms with van der Waals surface area (Å²) in [6.45, 7) is 13.7. The zero-order valence-corrected chi connectivity index (χ0v) is 23.5. The van der Waals surface area contributed by atoms with Crippen LogP contribution in [0.15, 0.2) is 61.1 Å². The number of fused-ring (bicyclic) bond motifs is 1. The van der Waals surface area contributed by atoms with Gasteiger partial charge in [0.1, 0.15) is 17.3 Å². The summed E-state index contributed by atoms with van der Waals surface area (Å²) in [7, 11) is -2.02. The predicted octanol–water partition coefficient (Wildman–Crippen LogP) is 5.95. The zero-order chi connectivity index (χ0) is 26.8. The molecule has 2 aromatic carbocycles. The highest BCUT2D eigenvalue weighted by Gasteiger charge is 2.40. The number of ether oxygens (including phenoxy) is 1. The summed E-state index contributed by atoms with van der Waals surface area (Å²) in [5.41, 5.74) is 8.58. The quantitative estimate of drug-likeness (QED) is 0.252. The van der Waals surface area contributed by atoms with E-state index in [2.05, 4.69) is 50.8 Å². The van der Waals surface area contributed by atoms with Crippen LogP contribution < -0.4 is 10.5 Å². The summed E-state index contributed by atoms with van der Waals surface area (Å²) in [5, 5.41) is 0.0761. The first kappa shape index (κ1) is 26.6. The maximum Gasteiger partial charge on any atom is 0.268 e. The van der Waals surface area contributed by atoms with Gasteiger partial charge in [-0.3, -0.25) is 4.79 Å². The van der Waals surface area contributed by atoms with Crippen molar-refractivity contribution in [3.63, 3.8) is 0 Å². The van der Waals surface area contributed by atoms with Crippen LogP contribution in [0.2, 0.25) is 18.1 Å². The number of hydrogen-bond donors (Lipinski definition) is 2. The number of carbonyl (C=O) groups excluding carboxylic acids is 1. The molecule has 0 spiro atoms. The van der Waals surface area contributed by atoms with Gasteiger partial charge in [0.25, 0.3) is 5.91 Å². The summed E-state index contributed by atoms with van der Waals surface area (Å²) in [6.07, 6.45) is 3.90. The third kappa shape index (κ3) is 6.11. The standard InChI is InChI=1S/C28H37N5O3Si/c1-19(36-37(5,6)28(2,3)4)25(33-17-24(26(29)34)30-18-33)14-15-35-21-11-9-10-20(16-21)27-31-22-12-7-8-13-23(22)32-27/h7-13,16-19,25H,14-15H2,1-6H3,(H2,29,34)(H,31,32)/t19-,25+/m0/s1. The molecule has 0 radical (unpaired) electrons. The molecule has 0 unspecified atom stereocenters. The Morgan fingerprint density at radius 3 is 2.59 bits per heavy atom. The van der Waals surface area contributed by atoms with E-state index in [1.807, 2.05) is 53.1 Å². The van der Waals surface area contributed by atoms with Gasteiger partial charge in [-0.25, -0.2) is 9.97 Å². The lowest BCUT2D eigenvalue weighted by molar-refractivity contribution is 0.0994. The average Bonchev–Trinajstić information content (AvgIpc) is 3.48. The van der Waals surface area contributed by atoms with E-state index in [4.69, 9.17) is 19.9 Å². The van der Waals surface area contributed by atoms with Crippen LogP contribution in [0.3, 0.4) is 0 Å². The molecule has 9 heteroatoms. The monoisotopic (exact) mass is 519 g/mol. The van der Waals surface area contributed by atoms with Crippen molar-refractivity contribution >= 4 is 25.3 Å². The molecule has 0 bridgehead atoms. The largest absolute Gasteiger partial charge is 0.493 e. The molecule has 4 rings (SSSR count).